The van der Waals surface area contributed by atoms with E-state index < -0.39 is 0 Å². The maximum atomic E-state index is 4.98. The molecule has 1 N–H and O–H groups in total. The van der Waals surface area contributed by atoms with Gasteiger partial charge in [-0.3, -0.25) is 0 Å². The van der Waals surface area contributed by atoms with Crippen LogP contribution in [0.25, 0.3) is 11.3 Å². The van der Waals surface area contributed by atoms with E-state index >= 15 is 0 Å². The van der Waals surface area contributed by atoms with Crippen LogP contribution in [0.4, 0.5) is 0 Å². The van der Waals surface area contributed by atoms with Crippen molar-refractivity contribution >= 4 is 28.1 Å². The largest absolute Gasteiger partial charge is 0.437 e. The molecule has 0 radical (unpaired) electrons. The van der Waals surface area contributed by atoms with Gasteiger partial charge in [-0.05, 0) is 24.4 Å². The maximum Gasteiger partial charge on any atom is 0.266 e. The molecule has 0 saturated carbocycles. The lowest BCUT2D eigenvalue weighted by Crippen LogP contribution is -1.74. The van der Waals surface area contributed by atoms with Crippen LogP contribution >= 0.6 is 28.1 Å². The molecular formula is C15H12BrNOS. The lowest BCUT2D eigenvalue weighted by molar-refractivity contribution is 0.541. The monoisotopic (exact) mass is 333 g/mol. The van der Waals surface area contributed by atoms with Gasteiger partial charge in [-0.15, -0.1) is 0 Å². The van der Waals surface area contributed by atoms with E-state index in [1.54, 1.807) is 6.26 Å². The average molecular weight is 334 g/mol. The quantitative estimate of drug-likeness (QED) is 0.599. The molecule has 0 unspecified atom stereocenters. The van der Waals surface area contributed by atoms with Crippen LogP contribution in [0.5, 0.6) is 0 Å². The van der Waals surface area contributed by atoms with E-state index in [1.807, 2.05) is 60.7 Å². The molecular weight excluding hydrogens is 322 g/mol. The first-order valence-electron chi connectivity index (χ1n) is 5.69. The van der Waals surface area contributed by atoms with Crippen LogP contribution < -0.4 is 0 Å². The minimum absolute atomic E-state index is 0.411. The molecule has 2 aromatic carbocycles. The molecule has 1 aromatic heterocycles. The Labute approximate surface area is 125 Å². The minimum atomic E-state index is 0.411. The summed E-state index contributed by atoms with van der Waals surface area (Å²) in [5.74, 6) is 0. The molecule has 3 rings (SSSR count). The number of hydrogen-bond acceptors (Lipinski definition) is 2. The third-order valence-corrected chi connectivity index (χ3v) is 3.07. The molecule has 3 aromatic rings. The van der Waals surface area contributed by atoms with Gasteiger partial charge in [-0.25, -0.2) is 0 Å². The van der Waals surface area contributed by atoms with Crippen molar-refractivity contribution in [2.45, 2.75) is 0 Å². The second kappa shape index (κ2) is 7.07. The smallest absolute Gasteiger partial charge is 0.266 e. The van der Waals surface area contributed by atoms with E-state index in [4.69, 9.17) is 16.6 Å². The van der Waals surface area contributed by atoms with E-state index in [0.29, 0.717) is 4.84 Å². The highest BCUT2D eigenvalue weighted by molar-refractivity contribution is 9.10. The first kappa shape index (κ1) is 13.8. The molecule has 0 aliphatic rings. The van der Waals surface area contributed by atoms with Crippen LogP contribution in [0, 0.1) is 4.84 Å². The Bertz CT molecular complexity index is 661. The molecule has 0 aliphatic heterocycles. The third-order valence-electron chi connectivity index (χ3n) is 2.34. The van der Waals surface area contributed by atoms with Crippen molar-refractivity contribution < 1.29 is 4.42 Å². The van der Waals surface area contributed by atoms with Gasteiger partial charge in [-0.1, -0.05) is 64.5 Å². The van der Waals surface area contributed by atoms with Crippen LogP contribution in [0.2, 0.25) is 0 Å². The molecule has 4 heteroatoms. The van der Waals surface area contributed by atoms with Crippen LogP contribution in [-0.4, -0.2) is 4.98 Å². The number of halogens is 1. The van der Waals surface area contributed by atoms with Crippen molar-refractivity contribution in [3.8, 4) is 11.3 Å². The number of benzene rings is 2. The fourth-order valence-electron chi connectivity index (χ4n) is 1.45. The zero-order valence-electron chi connectivity index (χ0n) is 10.0. The summed E-state index contributed by atoms with van der Waals surface area (Å²) in [7, 11) is 0. The molecule has 1 heterocycles. The molecule has 0 saturated heterocycles. The van der Waals surface area contributed by atoms with Gasteiger partial charge < -0.3 is 9.40 Å². The number of nitrogens with one attached hydrogen (secondary N) is 1. The summed E-state index contributed by atoms with van der Waals surface area (Å²) >= 11 is 8.12. The third kappa shape index (κ3) is 4.50. The molecule has 0 bridgehead atoms. The number of hydrogen-bond donors (Lipinski definition) is 1. The van der Waals surface area contributed by atoms with Crippen LogP contribution in [0.15, 0.2) is 75.8 Å². The Morgan fingerprint density at radius 3 is 1.89 bits per heavy atom. The van der Waals surface area contributed by atoms with Crippen LogP contribution in [0.3, 0.4) is 0 Å². The number of aromatic amines is 1. The van der Waals surface area contributed by atoms with E-state index in [9.17, 15) is 0 Å². The highest BCUT2D eigenvalue weighted by Gasteiger charge is 1.97. The van der Waals surface area contributed by atoms with Crippen molar-refractivity contribution in [2.24, 2.45) is 0 Å². The number of H-pyrrole nitrogens is 1. The van der Waals surface area contributed by atoms with Crippen molar-refractivity contribution in [1.29, 1.82) is 0 Å². The standard InChI is InChI=1S/C9H7NOS.C6H5Br/c12-9-10-8(6-11-9)7-4-2-1-3-5-7;7-6-4-2-1-3-5-6/h1-6H,(H,10,12);1-5H. The van der Waals surface area contributed by atoms with Crippen molar-refractivity contribution in [3.05, 3.63) is 76.2 Å². The Morgan fingerprint density at radius 2 is 1.47 bits per heavy atom. The molecule has 0 fully saturated rings. The molecule has 19 heavy (non-hydrogen) atoms. The fourth-order valence-corrected chi connectivity index (χ4v) is 1.92. The Hall–Kier alpha value is -1.65. The Kier molecular flexibility index (Phi) is 5.12. The van der Waals surface area contributed by atoms with Gasteiger partial charge in [0.2, 0.25) is 0 Å². The number of oxazole rings is 1. The Balaban J connectivity index is 0.000000163. The highest BCUT2D eigenvalue weighted by Crippen LogP contribution is 2.15. The summed E-state index contributed by atoms with van der Waals surface area (Å²) in [5, 5.41) is 0. The lowest BCUT2D eigenvalue weighted by atomic mass is 10.2. The van der Waals surface area contributed by atoms with Gasteiger partial charge in [-0.2, -0.15) is 0 Å². The number of rotatable bonds is 1. The molecule has 96 valence electrons. The summed E-state index contributed by atoms with van der Waals surface area (Å²) in [6.07, 6.45) is 1.62. The SMILES string of the molecule is Brc1ccccc1.S=c1[nH]c(-c2ccccc2)co1. The fraction of sp³-hybridized carbons (Fsp3) is 0. The summed E-state index contributed by atoms with van der Waals surface area (Å²) in [6.45, 7) is 0. The topological polar surface area (TPSA) is 28.9 Å². The second-order valence-electron chi connectivity index (χ2n) is 3.72. The first-order chi connectivity index (χ1) is 9.25. The Morgan fingerprint density at radius 1 is 0.895 bits per heavy atom. The zero-order valence-corrected chi connectivity index (χ0v) is 12.4. The second-order valence-corrected chi connectivity index (χ2v) is 5.01. The van der Waals surface area contributed by atoms with Crippen LogP contribution in [0.1, 0.15) is 0 Å². The van der Waals surface area contributed by atoms with E-state index in [-0.39, 0.29) is 0 Å². The first-order valence-corrected chi connectivity index (χ1v) is 6.89. The summed E-state index contributed by atoms with van der Waals surface area (Å²) in [4.78, 5) is 3.35. The van der Waals surface area contributed by atoms with E-state index in [2.05, 4.69) is 20.9 Å². The van der Waals surface area contributed by atoms with Crippen molar-refractivity contribution in [1.82, 2.24) is 4.98 Å². The molecule has 0 atom stereocenters. The van der Waals surface area contributed by atoms with Gasteiger partial charge in [0.05, 0.1) is 5.69 Å². The summed E-state index contributed by atoms with van der Waals surface area (Å²) in [5.41, 5.74) is 2.00. The highest BCUT2D eigenvalue weighted by atomic mass is 79.9. The normalized spacial score (nSPS) is 9.53. The molecule has 0 spiro atoms. The van der Waals surface area contributed by atoms with Gasteiger partial charge >= 0.3 is 0 Å². The predicted molar refractivity (Wildman–Crippen MR) is 83.5 cm³/mol. The molecule has 0 aliphatic carbocycles. The van der Waals surface area contributed by atoms with Crippen molar-refractivity contribution in [2.75, 3.05) is 0 Å². The van der Waals surface area contributed by atoms with Gasteiger partial charge in [0.1, 0.15) is 6.26 Å². The predicted octanol–water partition coefficient (Wildman–Crippen LogP) is 5.45. The van der Waals surface area contributed by atoms with Gasteiger partial charge in [0.25, 0.3) is 4.84 Å². The summed E-state index contributed by atoms with van der Waals surface area (Å²) < 4.78 is 6.11. The zero-order chi connectivity index (χ0) is 13.5. The van der Waals surface area contributed by atoms with Gasteiger partial charge in [0.15, 0.2) is 0 Å². The minimum Gasteiger partial charge on any atom is -0.437 e. The van der Waals surface area contributed by atoms with Crippen molar-refractivity contribution in [3.63, 3.8) is 0 Å². The molecule has 0 amide bonds. The van der Waals surface area contributed by atoms with Gasteiger partial charge in [0, 0.05) is 10.0 Å². The van der Waals surface area contributed by atoms with E-state index in [1.165, 1.54) is 0 Å². The molecule has 2 nitrogen and oxygen atoms in total. The average Bonchev–Trinajstić information content (AvgIpc) is 2.88. The number of aromatic nitrogens is 1. The lowest BCUT2D eigenvalue weighted by Gasteiger charge is -1.92. The van der Waals surface area contributed by atoms with E-state index in [0.717, 1.165) is 15.7 Å². The maximum absolute atomic E-state index is 4.98. The summed E-state index contributed by atoms with van der Waals surface area (Å²) in [6, 6.07) is 19.9. The van der Waals surface area contributed by atoms with Crippen LogP contribution in [-0.2, 0) is 0 Å².